The van der Waals surface area contributed by atoms with Crippen molar-refractivity contribution in [3.05, 3.63) is 11.1 Å². The molecule has 0 spiro atoms. The third kappa shape index (κ3) is 1.23. The van der Waals surface area contributed by atoms with Gasteiger partial charge < -0.3 is 10.6 Å². The second-order valence-corrected chi connectivity index (χ2v) is 3.77. The van der Waals surface area contributed by atoms with Crippen molar-refractivity contribution in [2.75, 3.05) is 18.0 Å². The van der Waals surface area contributed by atoms with E-state index >= 15 is 0 Å². The molecule has 0 saturated carbocycles. The molecule has 2 N–H and O–H groups in total. The molecule has 1 saturated heterocycles. The number of thiazole rings is 1. The highest BCUT2D eigenvalue weighted by Crippen LogP contribution is 2.23. The van der Waals surface area contributed by atoms with Crippen molar-refractivity contribution in [3.8, 4) is 0 Å². The highest BCUT2D eigenvalue weighted by atomic mass is 32.1. The zero-order valence-electron chi connectivity index (χ0n) is 6.45. The van der Waals surface area contributed by atoms with Crippen LogP contribution in [0.1, 0.15) is 5.69 Å². The minimum absolute atomic E-state index is 0.360. The zero-order valence-corrected chi connectivity index (χ0v) is 7.27. The summed E-state index contributed by atoms with van der Waals surface area (Å²) in [6.45, 7) is 3.94. The normalized spacial score (nSPS) is 18.5. The summed E-state index contributed by atoms with van der Waals surface area (Å²) in [5.74, 6) is 0. The zero-order chi connectivity index (χ0) is 7.84. The number of hydrogen-bond acceptors (Lipinski definition) is 4. The molecular weight excluding hydrogens is 158 g/mol. The number of aromatic nitrogens is 1. The second kappa shape index (κ2) is 2.46. The first-order valence-electron chi connectivity index (χ1n) is 3.68. The van der Waals surface area contributed by atoms with Gasteiger partial charge >= 0.3 is 0 Å². The average Bonchev–Trinajstić information content (AvgIpc) is 2.29. The largest absolute Gasteiger partial charge is 0.345 e. The standard InChI is InChI=1S/C7H11N3S/c1-5-4-11-7(9-5)10-2-6(8)3-10/h4,6H,2-3,8H2,1H3. The van der Waals surface area contributed by atoms with Gasteiger partial charge in [-0.15, -0.1) is 11.3 Å². The summed E-state index contributed by atoms with van der Waals surface area (Å²) in [6, 6.07) is 0.360. The van der Waals surface area contributed by atoms with Gasteiger partial charge in [0, 0.05) is 24.5 Å². The predicted molar refractivity (Wildman–Crippen MR) is 47.0 cm³/mol. The topological polar surface area (TPSA) is 42.1 Å². The van der Waals surface area contributed by atoms with Crippen LogP contribution in [0.5, 0.6) is 0 Å². The van der Waals surface area contributed by atoms with Gasteiger partial charge in [0.05, 0.1) is 5.69 Å². The molecule has 1 aliphatic heterocycles. The van der Waals surface area contributed by atoms with Gasteiger partial charge in [0.1, 0.15) is 0 Å². The Kier molecular flexibility index (Phi) is 1.58. The molecule has 0 amide bonds. The van der Waals surface area contributed by atoms with Crippen molar-refractivity contribution in [1.29, 1.82) is 0 Å². The summed E-state index contributed by atoms with van der Waals surface area (Å²) in [7, 11) is 0. The van der Waals surface area contributed by atoms with Crippen molar-refractivity contribution in [2.24, 2.45) is 5.73 Å². The van der Waals surface area contributed by atoms with Gasteiger partial charge in [-0.2, -0.15) is 0 Å². The molecule has 0 atom stereocenters. The number of nitrogens with zero attached hydrogens (tertiary/aromatic N) is 2. The Bertz CT molecular complexity index is 252. The van der Waals surface area contributed by atoms with E-state index in [4.69, 9.17) is 5.73 Å². The third-order valence-electron chi connectivity index (χ3n) is 1.79. The maximum absolute atomic E-state index is 5.65. The van der Waals surface area contributed by atoms with Crippen molar-refractivity contribution >= 4 is 16.5 Å². The first kappa shape index (κ1) is 7.06. The summed E-state index contributed by atoms with van der Waals surface area (Å²) >= 11 is 1.69. The van der Waals surface area contributed by atoms with Gasteiger partial charge in [-0.3, -0.25) is 0 Å². The van der Waals surface area contributed by atoms with Crippen LogP contribution in [0.3, 0.4) is 0 Å². The lowest BCUT2D eigenvalue weighted by atomic mass is 10.1. The van der Waals surface area contributed by atoms with Gasteiger partial charge in [-0.05, 0) is 6.92 Å². The molecule has 0 radical (unpaired) electrons. The van der Waals surface area contributed by atoms with Crippen LogP contribution < -0.4 is 10.6 Å². The van der Waals surface area contributed by atoms with Gasteiger partial charge in [0.25, 0.3) is 0 Å². The first-order valence-corrected chi connectivity index (χ1v) is 4.56. The molecule has 11 heavy (non-hydrogen) atoms. The molecule has 60 valence electrons. The minimum Gasteiger partial charge on any atom is -0.345 e. The number of anilines is 1. The van der Waals surface area contributed by atoms with E-state index in [1.807, 2.05) is 6.92 Å². The van der Waals surface area contributed by atoms with Crippen LogP contribution >= 0.6 is 11.3 Å². The Labute approximate surface area is 69.8 Å². The molecule has 0 bridgehead atoms. The first-order chi connectivity index (χ1) is 5.25. The fourth-order valence-corrected chi connectivity index (χ4v) is 1.98. The van der Waals surface area contributed by atoms with Gasteiger partial charge in [0.15, 0.2) is 5.13 Å². The van der Waals surface area contributed by atoms with Gasteiger partial charge in [-0.1, -0.05) is 0 Å². The lowest BCUT2D eigenvalue weighted by molar-refractivity contribution is 0.518. The maximum atomic E-state index is 5.65. The Morgan fingerprint density at radius 2 is 2.45 bits per heavy atom. The summed E-state index contributed by atoms with van der Waals surface area (Å²) < 4.78 is 0. The number of aryl methyl sites for hydroxylation is 1. The molecule has 1 aliphatic rings. The van der Waals surface area contributed by atoms with E-state index in [9.17, 15) is 0 Å². The molecule has 4 heteroatoms. The molecule has 0 aliphatic carbocycles. The summed E-state index contributed by atoms with van der Waals surface area (Å²) in [5.41, 5.74) is 6.75. The molecule has 0 aromatic carbocycles. The lowest BCUT2D eigenvalue weighted by Gasteiger charge is -2.36. The van der Waals surface area contributed by atoms with Crippen LogP contribution in [0.25, 0.3) is 0 Å². The predicted octanol–water partition coefficient (Wildman–Crippen LogP) is 0.599. The maximum Gasteiger partial charge on any atom is 0.185 e. The van der Waals surface area contributed by atoms with E-state index < -0.39 is 0 Å². The van der Waals surface area contributed by atoms with Crippen LogP contribution in [0, 0.1) is 6.92 Å². The molecule has 1 aromatic heterocycles. The monoisotopic (exact) mass is 169 g/mol. The minimum atomic E-state index is 0.360. The van der Waals surface area contributed by atoms with E-state index in [1.165, 1.54) is 0 Å². The lowest BCUT2D eigenvalue weighted by Crippen LogP contribution is -2.55. The SMILES string of the molecule is Cc1csc(N2CC(N)C2)n1. The van der Waals surface area contributed by atoms with Crippen molar-refractivity contribution < 1.29 is 0 Å². The Balaban J connectivity index is 2.07. The number of nitrogens with two attached hydrogens (primary N) is 1. The van der Waals surface area contributed by atoms with Crippen molar-refractivity contribution in [3.63, 3.8) is 0 Å². The smallest absolute Gasteiger partial charge is 0.185 e. The summed E-state index contributed by atoms with van der Waals surface area (Å²) in [6.07, 6.45) is 0. The molecule has 1 fully saturated rings. The molecule has 1 aromatic rings. The molecule has 2 rings (SSSR count). The second-order valence-electron chi connectivity index (χ2n) is 2.94. The number of rotatable bonds is 1. The van der Waals surface area contributed by atoms with Crippen LogP contribution in [-0.2, 0) is 0 Å². The van der Waals surface area contributed by atoms with Crippen LogP contribution in [-0.4, -0.2) is 24.1 Å². The molecule has 0 unspecified atom stereocenters. The third-order valence-corrected chi connectivity index (χ3v) is 2.81. The van der Waals surface area contributed by atoms with Crippen LogP contribution in [0.4, 0.5) is 5.13 Å². The van der Waals surface area contributed by atoms with E-state index in [-0.39, 0.29) is 0 Å². The average molecular weight is 169 g/mol. The van der Waals surface area contributed by atoms with E-state index in [1.54, 1.807) is 11.3 Å². The summed E-state index contributed by atoms with van der Waals surface area (Å²) in [5, 5.41) is 3.18. The van der Waals surface area contributed by atoms with Crippen LogP contribution in [0.2, 0.25) is 0 Å². The Hall–Kier alpha value is -0.610. The molecule has 2 heterocycles. The highest BCUT2D eigenvalue weighted by Gasteiger charge is 2.24. The van der Waals surface area contributed by atoms with E-state index in [0.29, 0.717) is 6.04 Å². The molecular formula is C7H11N3S. The summed E-state index contributed by atoms with van der Waals surface area (Å²) in [4.78, 5) is 6.57. The highest BCUT2D eigenvalue weighted by molar-refractivity contribution is 7.13. The van der Waals surface area contributed by atoms with E-state index in [2.05, 4.69) is 15.3 Å². The van der Waals surface area contributed by atoms with Crippen LogP contribution in [0.15, 0.2) is 5.38 Å². The van der Waals surface area contributed by atoms with E-state index in [0.717, 1.165) is 23.9 Å². The van der Waals surface area contributed by atoms with Gasteiger partial charge in [-0.25, -0.2) is 4.98 Å². The number of hydrogen-bond donors (Lipinski definition) is 1. The molecule has 3 nitrogen and oxygen atoms in total. The fourth-order valence-electron chi connectivity index (χ4n) is 1.16. The van der Waals surface area contributed by atoms with Crippen molar-refractivity contribution in [2.45, 2.75) is 13.0 Å². The quantitative estimate of drug-likeness (QED) is 0.669. The van der Waals surface area contributed by atoms with Gasteiger partial charge in [0.2, 0.25) is 0 Å². The fraction of sp³-hybridized carbons (Fsp3) is 0.571. The Morgan fingerprint density at radius 3 is 2.91 bits per heavy atom. The van der Waals surface area contributed by atoms with Crippen molar-refractivity contribution in [1.82, 2.24) is 4.98 Å². The Morgan fingerprint density at radius 1 is 1.73 bits per heavy atom.